The van der Waals surface area contributed by atoms with Crippen LogP contribution in [0.25, 0.3) is 0 Å². The van der Waals surface area contributed by atoms with E-state index in [1.165, 1.54) is 11.4 Å². The van der Waals surface area contributed by atoms with Crippen molar-refractivity contribution >= 4 is 27.5 Å². The summed E-state index contributed by atoms with van der Waals surface area (Å²) >= 11 is 0. The number of rotatable bonds is 4. The molecule has 3 heterocycles. The van der Waals surface area contributed by atoms with Crippen LogP contribution in [-0.2, 0) is 37.2 Å². The predicted octanol–water partition coefficient (Wildman–Crippen LogP) is 0.390. The summed E-state index contributed by atoms with van der Waals surface area (Å²) in [4.78, 5) is 27.9. The van der Waals surface area contributed by atoms with Crippen molar-refractivity contribution < 1.29 is 22.7 Å². The Balaban J connectivity index is 1.58. The lowest BCUT2D eigenvalue weighted by Crippen LogP contribution is -2.51. The molecule has 9 heteroatoms. The van der Waals surface area contributed by atoms with Crippen LogP contribution in [0.2, 0.25) is 0 Å². The van der Waals surface area contributed by atoms with E-state index in [2.05, 4.69) is 0 Å². The molecule has 1 aromatic rings. The Morgan fingerprint density at radius 1 is 1.14 bits per heavy atom. The normalized spacial score (nSPS) is 22.5. The average Bonchev–Trinajstić information content (AvgIpc) is 3.02. The van der Waals surface area contributed by atoms with Crippen LogP contribution in [0, 0.1) is 0 Å². The molecule has 0 saturated carbocycles. The number of carbonyl (C=O) groups excluding carboxylic acids is 2. The van der Waals surface area contributed by atoms with Crippen molar-refractivity contribution in [2.75, 3.05) is 44.8 Å². The molecule has 4 rings (SSSR count). The number of benzene rings is 1. The van der Waals surface area contributed by atoms with Gasteiger partial charge in [0.15, 0.2) is 0 Å². The van der Waals surface area contributed by atoms with Gasteiger partial charge in [-0.15, -0.1) is 0 Å². The average molecular weight is 407 g/mol. The quantitative estimate of drug-likeness (QED) is 0.721. The van der Waals surface area contributed by atoms with E-state index in [9.17, 15) is 18.0 Å². The number of ether oxygens (including phenoxy) is 1. The van der Waals surface area contributed by atoms with Gasteiger partial charge in [-0.25, -0.2) is 8.42 Å². The van der Waals surface area contributed by atoms with E-state index in [-0.39, 0.29) is 37.6 Å². The van der Waals surface area contributed by atoms with Gasteiger partial charge in [0.05, 0.1) is 10.6 Å². The monoisotopic (exact) mass is 407 g/mol. The third kappa shape index (κ3) is 3.11. The molecule has 1 fully saturated rings. The second-order valence-corrected chi connectivity index (χ2v) is 9.56. The van der Waals surface area contributed by atoms with Crippen LogP contribution in [0.15, 0.2) is 17.0 Å². The van der Waals surface area contributed by atoms with Crippen molar-refractivity contribution in [2.45, 2.75) is 37.1 Å². The first-order valence-corrected chi connectivity index (χ1v) is 11.0. The third-order valence-corrected chi connectivity index (χ3v) is 7.69. The number of carbonyl (C=O) groups is 2. The minimum absolute atomic E-state index is 0.00827. The van der Waals surface area contributed by atoms with Gasteiger partial charge < -0.3 is 14.5 Å². The van der Waals surface area contributed by atoms with Crippen molar-refractivity contribution in [3.63, 3.8) is 0 Å². The van der Waals surface area contributed by atoms with Crippen molar-refractivity contribution in [2.24, 2.45) is 0 Å². The second kappa shape index (κ2) is 7.13. The minimum atomic E-state index is -3.64. The number of nitrogens with zero attached hydrogens (tertiary/aromatic N) is 3. The summed E-state index contributed by atoms with van der Waals surface area (Å²) in [6.45, 7) is 3.26. The number of hydrogen-bond acceptors (Lipinski definition) is 5. The van der Waals surface area contributed by atoms with E-state index in [0.717, 1.165) is 16.8 Å². The second-order valence-electron chi connectivity index (χ2n) is 7.62. The highest BCUT2D eigenvalue weighted by Crippen LogP contribution is 2.41. The van der Waals surface area contributed by atoms with Gasteiger partial charge in [0.25, 0.3) is 0 Å². The first-order valence-electron chi connectivity index (χ1n) is 9.57. The zero-order chi connectivity index (χ0) is 20.1. The number of aryl methyl sites for hydroxylation is 1. The first-order chi connectivity index (χ1) is 13.3. The molecule has 0 spiro atoms. The Bertz CT molecular complexity index is 922. The predicted molar refractivity (Wildman–Crippen MR) is 103 cm³/mol. The SMILES string of the molecule is COCC(=O)N1CCN(S(=O)(=O)c2cc3c4c(c2)C[C@H](C)N4C(=O)CC3)CC1. The number of amides is 2. The molecule has 1 aromatic carbocycles. The molecule has 1 atom stereocenters. The van der Waals surface area contributed by atoms with Crippen LogP contribution in [-0.4, -0.2) is 75.4 Å². The maximum Gasteiger partial charge on any atom is 0.248 e. The topological polar surface area (TPSA) is 87.2 Å². The number of anilines is 1. The third-order valence-electron chi connectivity index (χ3n) is 5.81. The standard InChI is InChI=1S/C19H25N3O5S/c1-13-9-15-11-16(10-14-3-4-17(23)22(13)19(14)15)28(25,26)21-7-5-20(6-8-21)18(24)12-27-2/h10-11,13H,3-9,12H2,1-2H3/t13-/m0/s1. The molecule has 0 radical (unpaired) electrons. The van der Waals surface area contributed by atoms with Gasteiger partial charge in [0.1, 0.15) is 6.61 Å². The van der Waals surface area contributed by atoms with Gasteiger partial charge in [-0.3, -0.25) is 9.59 Å². The molecule has 2 amide bonds. The van der Waals surface area contributed by atoms with Crippen LogP contribution < -0.4 is 4.90 Å². The fraction of sp³-hybridized carbons (Fsp3) is 0.579. The molecule has 0 aliphatic carbocycles. The molecule has 0 aromatic heterocycles. The van der Waals surface area contributed by atoms with Crippen molar-refractivity contribution in [1.82, 2.24) is 9.21 Å². The molecule has 28 heavy (non-hydrogen) atoms. The molecule has 0 N–H and O–H groups in total. The van der Waals surface area contributed by atoms with E-state index in [4.69, 9.17) is 4.74 Å². The largest absolute Gasteiger partial charge is 0.375 e. The first kappa shape index (κ1) is 19.4. The van der Waals surface area contributed by atoms with Crippen LogP contribution >= 0.6 is 0 Å². The molecule has 0 bridgehead atoms. The van der Waals surface area contributed by atoms with Crippen molar-refractivity contribution in [3.8, 4) is 0 Å². The summed E-state index contributed by atoms with van der Waals surface area (Å²) in [5, 5.41) is 0. The van der Waals surface area contributed by atoms with Gasteiger partial charge in [-0.1, -0.05) is 0 Å². The Kier molecular flexibility index (Phi) is 4.93. The summed E-state index contributed by atoms with van der Waals surface area (Å²) in [5.41, 5.74) is 2.79. The molecule has 8 nitrogen and oxygen atoms in total. The van der Waals surface area contributed by atoms with Crippen LogP contribution in [0.3, 0.4) is 0 Å². The van der Waals surface area contributed by atoms with Crippen molar-refractivity contribution in [1.29, 1.82) is 0 Å². The van der Waals surface area contributed by atoms with Crippen LogP contribution in [0.4, 0.5) is 5.69 Å². The lowest BCUT2D eigenvalue weighted by atomic mass is 10.00. The van der Waals surface area contributed by atoms with E-state index in [1.807, 2.05) is 11.8 Å². The van der Waals surface area contributed by atoms with Crippen molar-refractivity contribution in [3.05, 3.63) is 23.3 Å². The Morgan fingerprint density at radius 3 is 2.50 bits per heavy atom. The van der Waals surface area contributed by atoms with Gasteiger partial charge in [0.2, 0.25) is 21.8 Å². The zero-order valence-corrected chi connectivity index (χ0v) is 17.0. The Labute approximate surface area is 165 Å². The molecule has 3 aliphatic rings. The molecule has 3 aliphatic heterocycles. The maximum atomic E-state index is 13.2. The lowest BCUT2D eigenvalue weighted by molar-refractivity contribution is -0.136. The molecular weight excluding hydrogens is 382 g/mol. The number of hydrogen-bond donors (Lipinski definition) is 0. The highest BCUT2D eigenvalue weighted by molar-refractivity contribution is 7.89. The van der Waals surface area contributed by atoms with Crippen LogP contribution in [0.5, 0.6) is 0 Å². The van der Waals surface area contributed by atoms with Crippen LogP contribution in [0.1, 0.15) is 24.5 Å². The van der Waals surface area contributed by atoms with Gasteiger partial charge in [0, 0.05) is 45.8 Å². The Morgan fingerprint density at radius 2 is 1.82 bits per heavy atom. The molecule has 152 valence electrons. The maximum absolute atomic E-state index is 13.2. The van der Waals surface area contributed by atoms with E-state index >= 15 is 0 Å². The fourth-order valence-electron chi connectivity index (χ4n) is 4.44. The highest BCUT2D eigenvalue weighted by Gasteiger charge is 2.38. The van der Waals surface area contributed by atoms with E-state index in [1.54, 1.807) is 17.0 Å². The summed E-state index contributed by atoms with van der Waals surface area (Å²) < 4.78 is 32.8. The molecular formula is C19H25N3O5S. The summed E-state index contributed by atoms with van der Waals surface area (Å²) in [5.74, 6) is -0.00791. The van der Waals surface area contributed by atoms with E-state index < -0.39 is 10.0 Å². The zero-order valence-electron chi connectivity index (χ0n) is 16.2. The summed E-state index contributed by atoms with van der Waals surface area (Å²) in [7, 11) is -2.17. The van der Waals surface area contributed by atoms with Gasteiger partial charge in [-0.05, 0) is 43.0 Å². The molecule has 1 saturated heterocycles. The minimum Gasteiger partial charge on any atom is -0.375 e. The fourth-order valence-corrected chi connectivity index (χ4v) is 5.96. The highest BCUT2D eigenvalue weighted by atomic mass is 32.2. The lowest BCUT2D eigenvalue weighted by Gasteiger charge is -2.34. The Hall–Kier alpha value is -1.97. The van der Waals surface area contributed by atoms with Gasteiger partial charge in [-0.2, -0.15) is 4.31 Å². The number of piperazine rings is 1. The smallest absolute Gasteiger partial charge is 0.248 e. The van der Waals surface area contributed by atoms with Gasteiger partial charge >= 0.3 is 0 Å². The molecule has 0 unspecified atom stereocenters. The number of methoxy groups -OCH3 is 1. The number of sulfonamides is 1. The summed E-state index contributed by atoms with van der Waals surface area (Å²) in [6, 6.07) is 3.52. The van der Waals surface area contributed by atoms with E-state index in [0.29, 0.717) is 37.2 Å². The summed E-state index contributed by atoms with van der Waals surface area (Å²) in [6.07, 6.45) is 1.67.